The van der Waals surface area contributed by atoms with Crippen LogP contribution < -0.4 is 0 Å². The predicted octanol–water partition coefficient (Wildman–Crippen LogP) is 6.70. The molecule has 0 saturated carbocycles. The van der Waals surface area contributed by atoms with Gasteiger partial charge in [-0.3, -0.25) is 0 Å². The molecule has 0 spiro atoms. The van der Waals surface area contributed by atoms with E-state index in [-0.39, 0.29) is 0 Å². The quantitative estimate of drug-likeness (QED) is 0.493. The Hall–Kier alpha value is -1.28. The van der Waals surface area contributed by atoms with Gasteiger partial charge in [-0.05, 0) is 42.8 Å². The van der Waals surface area contributed by atoms with E-state index in [1.165, 1.54) is 9.75 Å². The van der Waals surface area contributed by atoms with E-state index in [9.17, 15) is 0 Å². The van der Waals surface area contributed by atoms with Crippen LogP contribution in [-0.4, -0.2) is 0 Å². The van der Waals surface area contributed by atoms with Crippen molar-refractivity contribution in [2.24, 2.45) is 0 Å². The summed E-state index contributed by atoms with van der Waals surface area (Å²) in [5, 5.41) is 1.49. The molecular weight excluding hydrogens is 307 g/mol. The van der Waals surface area contributed by atoms with Crippen molar-refractivity contribution in [2.75, 3.05) is 0 Å². The van der Waals surface area contributed by atoms with Crippen molar-refractivity contribution in [3.63, 3.8) is 0 Å². The van der Waals surface area contributed by atoms with Crippen LogP contribution in [0.15, 0.2) is 54.6 Å². The Bertz CT molecular complexity index is 742. The summed E-state index contributed by atoms with van der Waals surface area (Å²) in [4.78, 5) is 2.52. The lowest BCUT2D eigenvalue weighted by Gasteiger charge is -2.11. The number of benzene rings is 2. The first-order valence-electron chi connectivity index (χ1n) is 6.26. The van der Waals surface area contributed by atoms with Crippen LogP contribution in [0.25, 0.3) is 21.6 Å². The molecule has 0 nitrogen and oxygen atoms in total. The minimum atomic E-state index is 0.731. The third-order valence-corrected chi connectivity index (χ3v) is 4.75. The van der Waals surface area contributed by atoms with Crippen LogP contribution in [0, 0.1) is 6.92 Å². The SMILES string of the molecule is Cc1ccc(-c2cccc(Cl)c2-c2ccc(Cl)cc2)s1. The largest absolute Gasteiger partial charge is 0.141 e. The third kappa shape index (κ3) is 2.62. The van der Waals surface area contributed by atoms with Crippen molar-refractivity contribution in [3.8, 4) is 21.6 Å². The Morgan fingerprint density at radius 2 is 1.60 bits per heavy atom. The second kappa shape index (κ2) is 5.61. The highest BCUT2D eigenvalue weighted by Crippen LogP contribution is 2.40. The van der Waals surface area contributed by atoms with Gasteiger partial charge in [-0.25, -0.2) is 0 Å². The van der Waals surface area contributed by atoms with E-state index in [1.54, 1.807) is 11.3 Å². The van der Waals surface area contributed by atoms with Crippen molar-refractivity contribution in [3.05, 3.63) is 69.5 Å². The predicted molar refractivity (Wildman–Crippen MR) is 89.9 cm³/mol. The van der Waals surface area contributed by atoms with Gasteiger partial charge >= 0.3 is 0 Å². The number of hydrogen-bond donors (Lipinski definition) is 0. The maximum absolute atomic E-state index is 6.43. The summed E-state index contributed by atoms with van der Waals surface area (Å²) in [5.74, 6) is 0. The molecule has 3 rings (SSSR count). The highest BCUT2D eigenvalue weighted by atomic mass is 35.5. The molecule has 0 saturated heterocycles. The van der Waals surface area contributed by atoms with Gasteiger partial charge in [-0.2, -0.15) is 0 Å². The molecule has 0 amide bonds. The highest BCUT2D eigenvalue weighted by Gasteiger charge is 2.12. The molecular formula is C17H12Cl2S. The molecule has 2 aromatic carbocycles. The zero-order valence-electron chi connectivity index (χ0n) is 10.9. The molecule has 0 aliphatic carbocycles. The van der Waals surface area contributed by atoms with E-state index >= 15 is 0 Å². The summed E-state index contributed by atoms with van der Waals surface area (Å²) >= 11 is 14.2. The molecule has 0 unspecified atom stereocenters. The van der Waals surface area contributed by atoms with Gasteiger partial charge in [0.1, 0.15) is 0 Å². The van der Waals surface area contributed by atoms with Crippen LogP contribution in [0.5, 0.6) is 0 Å². The third-order valence-electron chi connectivity index (χ3n) is 3.15. The summed E-state index contributed by atoms with van der Waals surface area (Å²) in [7, 11) is 0. The van der Waals surface area contributed by atoms with Gasteiger partial charge < -0.3 is 0 Å². The van der Waals surface area contributed by atoms with Crippen LogP contribution in [-0.2, 0) is 0 Å². The minimum Gasteiger partial charge on any atom is -0.141 e. The van der Waals surface area contributed by atoms with E-state index in [1.807, 2.05) is 36.4 Å². The number of aryl methyl sites for hydroxylation is 1. The summed E-state index contributed by atoms with van der Waals surface area (Å²) in [5.41, 5.74) is 3.31. The molecule has 1 heterocycles. The van der Waals surface area contributed by atoms with Gasteiger partial charge in [-0.1, -0.05) is 47.5 Å². The van der Waals surface area contributed by atoms with Crippen LogP contribution >= 0.6 is 34.5 Å². The van der Waals surface area contributed by atoms with Crippen molar-refractivity contribution < 1.29 is 0 Å². The molecule has 100 valence electrons. The minimum absolute atomic E-state index is 0.731. The summed E-state index contributed by atoms with van der Waals surface area (Å²) in [6.45, 7) is 2.11. The molecule has 0 aliphatic heterocycles. The van der Waals surface area contributed by atoms with Crippen molar-refractivity contribution in [1.29, 1.82) is 0 Å². The van der Waals surface area contributed by atoms with E-state index in [4.69, 9.17) is 23.2 Å². The van der Waals surface area contributed by atoms with Crippen molar-refractivity contribution in [1.82, 2.24) is 0 Å². The first kappa shape index (κ1) is 13.7. The fourth-order valence-corrected chi connectivity index (χ4v) is 3.53. The van der Waals surface area contributed by atoms with Crippen LogP contribution in [0.1, 0.15) is 4.88 Å². The molecule has 3 heteroatoms. The molecule has 3 aromatic rings. The van der Waals surface area contributed by atoms with E-state index in [0.717, 1.165) is 26.7 Å². The second-order valence-corrected chi connectivity index (χ2v) is 6.71. The van der Waals surface area contributed by atoms with E-state index in [0.29, 0.717) is 0 Å². The van der Waals surface area contributed by atoms with E-state index in [2.05, 4.69) is 25.1 Å². The van der Waals surface area contributed by atoms with Crippen LogP contribution in [0.3, 0.4) is 0 Å². The molecule has 1 aromatic heterocycles. The Morgan fingerprint density at radius 1 is 0.850 bits per heavy atom. The monoisotopic (exact) mass is 318 g/mol. The Labute approximate surface area is 132 Å². The van der Waals surface area contributed by atoms with Crippen LogP contribution in [0.2, 0.25) is 10.0 Å². The molecule has 0 aliphatic rings. The molecule has 0 bridgehead atoms. The number of thiophene rings is 1. The normalized spacial score (nSPS) is 10.8. The topological polar surface area (TPSA) is 0 Å². The first-order valence-corrected chi connectivity index (χ1v) is 7.83. The number of halogens is 2. The molecule has 0 atom stereocenters. The zero-order valence-corrected chi connectivity index (χ0v) is 13.2. The van der Waals surface area contributed by atoms with Gasteiger partial charge in [0, 0.05) is 30.9 Å². The first-order chi connectivity index (χ1) is 9.65. The van der Waals surface area contributed by atoms with Gasteiger partial charge in [0.25, 0.3) is 0 Å². The van der Waals surface area contributed by atoms with Crippen molar-refractivity contribution in [2.45, 2.75) is 6.92 Å². The summed E-state index contributed by atoms with van der Waals surface area (Å²) in [6.07, 6.45) is 0. The molecule has 0 N–H and O–H groups in total. The Kier molecular flexibility index (Phi) is 3.84. The summed E-state index contributed by atoms with van der Waals surface area (Å²) in [6, 6.07) is 18.1. The standard InChI is InChI=1S/C17H12Cl2S/c1-11-5-10-16(20-11)14-3-2-4-15(19)17(14)12-6-8-13(18)9-7-12/h2-10H,1H3. The summed E-state index contributed by atoms with van der Waals surface area (Å²) < 4.78 is 0. The second-order valence-electron chi connectivity index (χ2n) is 4.58. The highest BCUT2D eigenvalue weighted by molar-refractivity contribution is 7.15. The Balaban J connectivity index is 2.21. The average Bonchev–Trinajstić information content (AvgIpc) is 2.86. The van der Waals surface area contributed by atoms with Gasteiger partial charge in [-0.15, -0.1) is 11.3 Å². The number of rotatable bonds is 2. The fraction of sp³-hybridized carbons (Fsp3) is 0.0588. The average molecular weight is 319 g/mol. The molecule has 0 fully saturated rings. The Morgan fingerprint density at radius 3 is 2.25 bits per heavy atom. The lowest BCUT2D eigenvalue weighted by atomic mass is 9.98. The lowest BCUT2D eigenvalue weighted by Crippen LogP contribution is -1.84. The number of hydrogen-bond acceptors (Lipinski definition) is 1. The van der Waals surface area contributed by atoms with Crippen molar-refractivity contribution >= 4 is 34.5 Å². The smallest absolute Gasteiger partial charge is 0.0490 e. The maximum atomic E-state index is 6.43. The lowest BCUT2D eigenvalue weighted by molar-refractivity contribution is 1.61. The fourth-order valence-electron chi connectivity index (χ4n) is 2.22. The van der Waals surface area contributed by atoms with Gasteiger partial charge in [0.2, 0.25) is 0 Å². The molecule has 20 heavy (non-hydrogen) atoms. The molecule has 0 radical (unpaired) electrons. The maximum Gasteiger partial charge on any atom is 0.0490 e. The van der Waals surface area contributed by atoms with Gasteiger partial charge in [0.05, 0.1) is 0 Å². The van der Waals surface area contributed by atoms with E-state index < -0.39 is 0 Å². The van der Waals surface area contributed by atoms with Gasteiger partial charge in [0.15, 0.2) is 0 Å². The zero-order chi connectivity index (χ0) is 14.1. The van der Waals surface area contributed by atoms with Crippen LogP contribution in [0.4, 0.5) is 0 Å².